The Kier molecular flexibility index (Phi) is 8.53. The number of sulfone groups is 1. The second-order valence-corrected chi connectivity index (χ2v) is 8.43. The number of carbonyl (C=O) groups excluding carboxylic acids is 1. The van der Waals surface area contributed by atoms with Gasteiger partial charge in [0.15, 0.2) is 21.5 Å². The van der Waals surface area contributed by atoms with Gasteiger partial charge in [0.05, 0.1) is 10.9 Å². The highest BCUT2D eigenvalue weighted by atomic mass is 35.5. The highest BCUT2D eigenvalue weighted by Crippen LogP contribution is 2.26. The summed E-state index contributed by atoms with van der Waals surface area (Å²) in [5.74, 6) is -2.73. The van der Waals surface area contributed by atoms with Gasteiger partial charge in [-0.3, -0.25) is 4.79 Å². The molecule has 2 aromatic rings. The molecule has 0 aliphatic carbocycles. The molecule has 2 unspecified atom stereocenters. The molecule has 2 rings (SSSR count). The fraction of sp³-hybridized carbons (Fsp3) is 0.316. The van der Waals surface area contributed by atoms with Crippen molar-refractivity contribution < 1.29 is 22.0 Å². The maximum Gasteiger partial charge on any atom is 0.224 e. The van der Waals surface area contributed by atoms with E-state index in [1.54, 1.807) is 26.1 Å². The average Bonchev–Trinajstić information content (AvgIpc) is 2.61. The molecule has 0 bridgehead atoms. The Morgan fingerprint density at radius 3 is 2.29 bits per heavy atom. The molecule has 5 nitrogen and oxygen atoms in total. The van der Waals surface area contributed by atoms with Crippen LogP contribution in [0.3, 0.4) is 0 Å². The van der Waals surface area contributed by atoms with Crippen LogP contribution in [0.25, 0.3) is 0 Å². The van der Waals surface area contributed by atoms with E-state index in [-0.39, 0.29) is 29.1 Å². The van der Waals surface area contributed by atoms with Gasteiger partial charge in [0, 0.05) is 18.7 Å². The molecule has 0 spiro atoms. The normalized spacial score (nSPS) is 13.3. The number of hydrogen-bond donors (Lipinski definition) is 2. The molecular weight excluding hydrogens is 410 g/mol. The second-order valence-electron chi connectivity index (χ2n) is 6.42. The lowest BCUT2D eigenvalue weighted by molar-refractivity contribution is -0.124. The summed E-state index contributed by atoms with van der Waals surface area (Å²) in [4.78, 5) is 12.6. The topological polar surface area (TPSA) is 75.3 Å². The van der Waals surface area contributed by atoms with Gasteiger partial charge in [-0.25, -0.2) is 17.2 Å². The highest BCUT2D eigenvalue weighted by Gasteiger charge is 2.22. The van der Waals surface area contributed by atoms with E-state index >= 15 is 0 Å². The van der Waals surface area contributed by atoms with Crippen LogP contribution in [0.2, 0.25) is 0 Å². The Hall–Kier alpha value is -2.03. The zero-order chi connectivity index (χ0) is 20.2. The monoisotopic (exact) mass is 432 g/mol. The van der Waals surface area contributed by atoms with Gasteiger partial charge >= 0.3 is 0 Å². The van der Waals surface area contributed by atoms with Crippen LogP contribution < -0.4 is 10.6 Å². The van der Waals surface area contributed by atoms with Crippen molar-refractivity contribution >= 4 is 28.2 Å². The van der Waals surface area contributed by atoms with Crippen molar-refractivity contribution in [3.63, 3.8) is 0 Å². The number of hydrogen-bond acceptors (Lipinski definition) is 4. The zero-order valence-electron chi connectivity index (χ0n) is 15.7. The van der Waals surface area contributed by atoms with Gasteiger partial charge in [-0.05, 0) is 42.4 Å². The van der Waals surface area contributed by atoms with Crippen molar-refractivity contribution in [3.8, 4) is 0 Å². The Morgan fingerprint density at radius 2 is 1.71 bits per heavy atom. The summed E-state index contributed by atoms with van der Waals surface area (Å²) >= 11 is 0. The molecule has 2 N–H and O–H groups in total. The largest absolute Gasteiger partial charge is 0.345 e. The lowest BCUT2D eigenvalue weighted by Crippen LogP contribution is -2.37. The van der Waals surface area contributed by atoms with Crippen LogP contribution in [0.4, 0.5) is 8.78 Å². The number of carbonyl (C=O) groups is 1. The third kappa shape index (κ3) is 5.98. The first-order valence-corrected chi connectivity index (χ1v) is 10.2. The quantitative estimate of drug-likeness (QED) is 0.705. The molecule has 154 valence electrons. The van der Waals surface area contributed by atoms with E-state index in [4.69, 9.17) is 0 Å². The van der Waals surface area contributed by atoms with E-state index in [9.17, 15) is 22.0 Å². The van der Waals surface area contributed by atoms with Gasteiger partial charge in [0.25, 0.3) is 0 Å². The third-order valence-corrected chi connectivity index (χ3v) is 5.25. The Labute approximate surface area is 169 Å². The first-order valence-electron chi connectivity index (χ1n) is 8.33. The van der Waals surface area contributed by atoms with Crippen molar-refractivity contribution in [3.05, 3.63) is 65.2 Å². The van der Waals surface area contributed by atoms with Gasteiger partial charge in [-0.1, -0.05) is 25.1 Å². The molecule has 28 heavy (non-hydrogen) atoms. The summed E-state index contributed by atoms with van der Waals surface area (Å²) in [5.41, 5.74) is 0.762. The summed E-state index contributed by atoms with van der Waals surface area (Å²) < 4.78 is 50.8. The third-order valence-electron chi connectivity index (χ3n) is 4.14. The number of benzene rings is 2. The van der Waals surface area contributed by atoms with Crippen LogP contribution in [0.15, 0.2) is 47.4 Å². The molecular formula is C19H23ClF2N2O3S. The summed E-state index contributed by atoms with van der Waals surface area (Å²) in [6.07, 6.45) is 1.08. The molecule has 0 aliphatic heterocycles. The van der Waals surface area contributed by atoms with Crippen molar-refractivity contribution in [2.45, 2.75) is 17.9 Å². The van der Waals surface area contributed by atoms with E-state index in [1.165, 1.54) is 18.2 Å². The predicted molar refractivity (Wildman–Crippen MR) is 106 cm³/mol. The van der Waals surface area contributed by atoms with E-state index in [1.807, 2.05) is 0 Å². The molecule has 0 radical (unpaired) electrons. The minimum atomic E-state index is -3.47. The smallest absolute Gasteiger partial charge is 0.224 e. The number of rotatable bonds is 7. The highest BCUT2D eigenvalue weighted by molar-refractivity contribution is 7.90. The lowest BCUT2D eigenvalue weighted by Gasteiger charge is -2.22. The minimum absolute atomic E-state index is 0. The SMILES string of the molecule is CNCC(C)C(=O)NC(c1cccc(S(C)(=O)=O)c1)c1ccc(F)c(F)c1.Cl. The first kappa shape index (κ1) is 24.0. The number of nitrogens with one attached hydrogen (secondary N) is 2. The van der Waals surface area contributed by atoms with Crippen molar-refractivity contribution in [2.24, 2.45) is 5.92 Å². The molecule has 0 saturated carbocycles. The number of amides is 1. The molecule has 0 aromatic heterocycles. The molecule has 1 amide bonds. The van der Waals surface area contributed by atoms with Crippen LogP contribution in [-0.2, 0) is 14.6 Å². The Morgan fingerprint density at radius 1 is 1.07 bits per heavy atom. The summed E-state index contributed by atoms with van der Waals surface area (Å²) in [6.45, 7) is 2.15. The van der Waals surface area contributed by atoms with Crippen LogP contribution in [0.1, 0.15) is 24.1 Å². The maximum atomic E-state index is 13.7. The van der Waals surface area contributed by atoms with Crippen LogP contribution in [0, 0.1) is 17.6 Å². The van der Waals surface area contributed by atoms with E-state index in [0.717, 1.165) is 18.4 Å². The molecule has 9 heteroatoms. The Bertz CT molecular complexity index is 939. The van der Waals surface area contributed by atoms with Crippen molar-refractivity contribution in [1.82, 2.24) is 10.6 Å². The number of halogens is 3. The molecule has 0 fully saturated rings. The van der Waals surface area contributed by atoms with Gasteiger partial charge in [0.1, 0.15) is 0 Å². The van der Waals surface area contributed by atoms with Crippen LogP contribution in [-0.4, -0.2) is 34.2 Å². The first-order chi connectivity index (χ1) is 12.6. The van der Waals surface area contributed by atoms with Crippen molar-refractivity contribution in [2.75, 3.05) is 19.8 Å². The standard InChI is InChI=1S/C19H22F2N2O3S.ClH/c1-12(11-22-2)19(24)23-18(14-7-8-16(20)17(21)10-14)13-5-4-6-15(9-13)27(3,25)26;/h4-10,12,18,22H,11H2,1-3H3,(H,23,24);1H. The molecule has 0 heterocycles. The van der Waals surface area contributed by atoms with Gasteiger partial charge in [-0.2, -0.15) is 0 Å². The second kappa shape index (κ2) is 9.95. The fourth-order valence-corrected chi connectivity index (χ4v) is 3.34. The fourth-order valence-electron chi connectivity index (χ4n) is 2.66. The van der Waals surface area contributed by atoms with Gasteiger partial charge < -0.3 is 10.6 Å². The molecule has 0 aliphatic rings. The zero-order valence-corrected chi connectivity index (χ0v) is 17.3. The van der Waals surface area contributed by atoms with E-state index in [2.05, 4.69) is 10.6 Å². The van der Waals surface area contributed by atoms with E-state index < -0.39 is 27.5 Å². The van der Waals surface area contributed by atoms with Crippen LogP contribution >= 0.6 is 12.4 Å². The van der Waals surface area contributed by atoms with E-state index in [0.29, 0.717) is 17.7 Å². The van der Waals surface area contributed by atoms with Crippen LogP contribution in [0.5, 0.6) is 0 Å². The Balaban J connectivity index is 0.00000392. The molecule has 2 aromatic carbocycles. The minimum Gasteiger partial charge on any atom is -0.345 e. The molecule has 2 atom stereocenters. The van der Waals surface area contributed by atoms with Gasteiger partial charge in [0.2, 0.25) is 5.91 Å². The summed E-state index contributed by atoms with van der Waals surface area (Å²) in [6, 6.07) is 8.53. The maximum absolute atomic E-state index is 13.7. The predicted octanol–water partition coefficient (Wildman–Crippen LogP) is 2.85. The lowest BCUT2D eigenvalue weighted by atomic mass is 9.97. The molecule has 0 saturated heterocycles. The van der Waals surface area contributed by atoms with Crippen molar-refractivity contribution in [1.29, 1.82) is 0 Å². The summed E-state index contributed by atoms with van der Waals surface area (Å²) in [7, 11) is -1.75. The van der Waals surface area contributed by atoms with Gasteiger partial charge in [-0.15, -0.1) is 12.4 Å². The average molecular weight is 433 g/mol. The summed E-state index contributed by atoms with van der Waals surface area (Å²) in [5, 5.41) is 5.69.